The summed E-state index contributed by atoms with van der Waals surface area (Å²) in [5.41, 5.74) is -0.394. The van der Waals surface area contributed by atoms with Crippen LogP contribution in [0.5, 0.6) is 11.5 Å². The third kappa shape index (κ3) is 6.27. The number of esters is 1. The van der Waals surface area contributed by atoms with Crippen molar-refractivity contribution in [3.8, 4) is 11.5 Å². The fourth-order valence-corrected chi connectivity index (χ4v) is 2.21. The molecule has 0 spiro atoms. The van der Waals surface area contributed by atoms with E-state index in [4.69, 9.17) is 14.2 Å². The highest BCUT2D eigenvalue weighted by Crippen LogP contribution is 2.28. The lowest BCUT2D eigenvalue weighted by molar-refractivity contribution is -0.385. The van der Waals surface area contributed by atoms with Crippen LogP contribution >= 0.6 is 0 Å². The normalized spacial score (nSPS) is 10.0. The largest absolute Gasteiger partial charge is 0.492 e. The van der Waals surface area contributed by atoms with Crippen LogP contribution in [0, 0.1) is 10.1 Å². The summed E-state index contributed by atoms with van der Waals surface area (Å²) >= 11 is 0. The molecule has 148 valence electrons. The van der Waals surface area contributed by atoms with E-state index in [9.17, 15) is 19.7 Å². The molecule has 9 nitrogen and oxygen atoms in total. The van der Waals surface area contributed by atoms with Crippen LogP contribution in [-0.4, -0.2) is 43.2 Å². The van der Waals surface area contributed by atoms with Gasteiger partial charge in [0, 0.05) is 6.07 Å². The number of hydrogen-bond acceptors (Lipinski definition) is 7. The van der Waals surface area contributed by atoms with Crippen LogP contribution in [0.2, 0.25) is 0 Å². The summed E-state index contributed by atoms with van der Waals surface area (Å²) in [5, 5.41) is 13.6. The zero-order valence-electron chi connectivity index (χ0n) is 15.3. The van der Waals surface area contributed by atoms with Gasteiger partial charge in [0.25, 0.3) is 5.91 Å². The van der Waals surface area contributed by atoms with Gasteiger partial charge in [0.15, 0.2) is 12.4 Å². The Labute approximate surface area is 161 Å². The number of nitrogens with one attached hydrogen (secondary N) is 1. The average molecular weight is 388 g/mol. The summed E-state index contributed by atoms with van der Waals surface area (Å²) in [6, 6.07) is 12.8. The second-order valence-corrected chi connectivity index (χ2v) is 5.46. The number of carbonyl (C=O) groups is 2. The molecule has 0 saturated carbocycles. The van der Waals surface area contributed by atoms with Gasteiger partial charge in [-0.05, 0) is 31.2 Å². The molecule has 0 unspecified atom stereocenters. The second-order valence-electron chi connectivity index (χ2n) is 5.46. The second kappa shape index (κ2) is 10.5. The minimum Gasteiger partial charge on any atom is -0.492 e. The van der Waals surface area contributed by atoms with Crippen LogP contribution in [0.25, 0.3) is 0 Å². The van der Waals surface area contributed by atoms with E-state index < -0.39 is 23.4 Å². The quantitative estimate of drug-likeness (QED) is 0.287. The minimum absolute atomic E-state index is 0.0460. The van der Waals surface area contributed by atoms with Crippen LogP contribution in [0.1, 0.15) is 17.3 Å². The number of benzene rings is 2. The van der Waals surface area contributed by atoms with Gasteiger partial charge in [-0.25, -0.2) is 4.79 Å². The first kappa shape index (κ1) is 20.7. The van der Waals surface area contributed by atoms with Crippen molar-refractivity contribution >= 4 is 17.6 Å². The Bertz CT molecular complexity index is 824. The number of hydrogen-bond donors (Lipinski definition) is 1. The van der Waals surface area contributed by atoms with Gasteiger partial charge in [0.1, 0.15) is 12.4 Å². The van der Waals surface area contributed by atoms with E-state index in [1.807, 2.05) is 18.2 Å². The first-order chi connectivity index (χ1) is 13.5. The molecule has 1 N–H and O–H groups in total. The summed E-state index contributed by atoms with van der Waals surface area (Å²) in [6.07, 6.45) is 0. The van der Waals surface area contributed by atoms with E-state index in [0.29, 0.717) is 5.75 Å². The molecule has 0 atom stereocenters. The van der Waals surface area contributed by atoms with Gasteiger partial charge in [-0.3, -0.25) is 14.9 Å². The van der Waals surface area contributed by atoms with Crippen LogP contribution in [0.4, 0.5) is 5.69 Å². The number of carbonyl (C=O) groups excluding carboxylic acids is 2. The molecule has 2 rings (SSSR count). The number of rotatable bonds is 10. The van der Waals surface area contributed by atoms with Crippen molar-refractivity contribution in [2.45, 2.75) is 6.92 Å². The highest BCUT2D eigenvalue weighted by atomic mass is 16.6. The van der Waals surface area contributed by atoms with Gasteiger partial charge in [0.2, 0.25) is 0 Å². The SMILES string of the molecule is CCOc1ccc(C(=O)OCC(=O)NCCOc2ccccc2)cc1[N+](=O)[O-]. The predicted octanol–water partition coefficient (Wildman–Crippen LogP) is 2.35. The smallest absolute Gasteiger partial charge is 0.338 e. The lowest BCUT2D eigenvalue weighted by atomic mass is 10.2. The van der Waals surface area contributed by atoms with E-state index in [2.05, 4.69) is 5.32 Å². The Morgan fingerprint density at radius 1 is 1.11 bits per heavy atom. The molecule has 0 aliphatic carbocycles. The lowest BCUT2D eigenvalue weighted by Crippen LogP contribution is -2.32. The Balaban J connectivity index is 1.78. The molecule has 0 heterocycles. The zero-order valence-corrected chi connectivity index (χ0v) is 15.3. The van der Waals surface area contributed by atoms with Crippen molar-refractivity contribution in [1.29, 1.82) is 0 Å². The van der Waals surface area contributed by atoms with Crippen molar-refractivity contribution in [3.63, 3.8) is 0 Å². The number of nitrogens with zero attached hydrogens (tertiary/aromatic N) is 1. The Morgan fingerprint density at radius 3 is 2.54 bits per heavy atom. The number of para-hydroxylation sites is 1. The van der Waals surface area contributed by atoms with Crippen LogP contribution < -0.4 is 14.8 Å². The summed E-state index contributed by atoms with van der Waals surface area (Å²) < 4.78 is 15.5. The number of amides is 1. The third-order valence-corrected chi connectivity index (χ3v) is 3.46. The molecule has 2 aromatic rings. The van der Waals surface area contributed by atoms with Crippen molar-refractivity contribution < 1.29 is 28.7 Å². The maximum absolute atomic E-state index is 12.0. The molecule has 28 heavy (non-hydrogen) atoms. The molecule has 0 aromatic heterocycles. The van der Waals surface area contributed by atoms with Gasteiger partial charge in [0.05, 0.1) is 23.6 Å². The summed E-state index contributed by atoms with van der Waals surface area (Å²) in [6.45, 7) is 1.92. The van der Waals surface area contributed by atoms with Gasteiger partial charge in [-0.1, -0.05) is 18.2 Å². The topological polar surface area (TPSA) is 117 Å². The molecule has 2 aromatic carbocycles. The summed E-state index contributed by atoms with van der Waals surface area (Å²) in [5.74, 6) is -0.618. The van der Waals surface area contributed by atoms with Gasteiger partial charge < -0.3 is 19.5 Å². The molecular weight excluding hydrogens is 368 g/mol. The molecule has 1 amide bonds. The number of nitro benzene ring substituents is 1. The molecule has 0 aliphatic rings. The van der Waals surface area contributed by atoms with Crippen LogP contribution in [0.3, 0.4) is 0 Å². The number of ether oxygens (including phenoxy) is 3. The van der Waals surface area contributed by atoms with Gasteiger partial charge in [-0.15, -0.1) is 0 Å². The summed E-state index contributed by atoms with van der Waals surface area (Å²) in [4.78, 5) is 34.2. The van der Waals surface area contributed by atoms with Crippen molar-refractivity contribution in [1.82, 2.24) is 5.32 Å². The lowest BCUT2D eigenvalue weighted by Gasteiger charge is -2.09. The highest BCUT2D eigenvalue weighted by molar-refractivity contribution is 5.92. The van der Waals surface area contributed by atoms with Crippen LogP contribution in [-0.2, 0) is 9.53 Å². The maximum Gasteiger partial charge on any atom is 0.338 e. The Hall–Kier alpha value is -3.62. The van der Waals surface area contributed by atoms with Crippen molar-refractivity contribution in [2.75, 3.05) is 26.4 Å². The van der Waals surface area contributed by atoms with Crippen molar-refractivity contribution in [3.05, 3.63) is 64.2 Å². The molecule has 0 radical (unpaired) electrons. The summed E-state index contributed by atoms with van der Waals surface area (Å²) in [7, 11) is 0. The Morgan fingerprint density at radius 2 is 1.86 bits per heavy atom. The van der Waals surface area contributed by atoms with Crippen LogP contribution in [0.15, 0.2) is 48.5 Å². The first-order valence-electron chi connectivity index (χ1n) is 8.54. The van der Waals surface area contributed by atoms with E-state index in [-0.39, 0.29) is 36.8 Å². The van der Waals surface area contributed by atoms with E-state index in [1.54, 1.807) is 19.1 Å². The maximum atomic E-state index is 12.0. The standard InChI is InChI=1S/C19H20N2O7/c1-2-26-17-9-8-14(12-16(17)21(24)25)19(23)28-13-18(22)20-10-11-27-15-6-4-3-5-7-15/h3-9,12H,2,10-11,13H2,1H3,(H,20,22). The van der Waals surface area contributed by atoms with Gasteiger partial charge >= 0.3 is 11.7 Å². The van der Waals surface area contributed by atoms with Crippen molar-refractivity contribution in [2.24, 2.45) is 0 Å². The van der Waals surface area contributed by atoms with E-state index in [1.165, 1.54) is 12.1 Å². The first-order valence-corrected chi connectivity index (χ1v) is 8.54. The molecule has 0 fully saturated rings. The molecule has 0 aliphatic heterocycles. The highest BCUT2D eigenvalue weighted by Gasteiger charge is 2.19. The monoisotopic (exact) mass is 388 g/mol. The Kier molecular flexibility index (Phi) is 7.77. The minimum atomic E-state index is -0.846. The van der Waals surface area contributed by atoms with E-state index in [0.717, 1.165) is 6.07 Å². The fraction of sp³-hybridized carbons (Fsp3) is 0.263. The molecule has 0 bridgehead atoms. The molecular formula is C19H20N2O7. The molecule has 0 saturated heterocycles. The fourth-order valence-electron chi connectivity index (χ4n) is 2.21. The van der Waals surface area contributed by atoms with E-state index >= 15 is 0 Å². The third-order valence-electron chi connectivity index (χ3n) is 3.46. The predicted molar refractivity (Wildman–Crippen MR) is 99.5 cm³/mol. The number of nitro groups is 1. The zero-order chi connectivity index (χ0) is 20.4. The molecule has 9 heteroatoms. The average Bonchev–Trinajstić information content (AvgIpc) is 2.70. The van der Waals surface area contributed by atoms with Gasteiger partial charge in [-0.2, -0.15) is 0 Å².